The summed E-state index contributed by atoms with van der Waals surface area (Å²) in [5, 5.41) is 0. The van der Waals surface area contributed by atoms with E-state index in [1.165, 1.54) is 18.2 Å². The molecule has 0 bridgehead atoms. The van der Waals surface area contributed by atoms with Crippen LogP contribution in [0.4, 0.5) is 4.39 Å². The molecule has 100 valence electrons. The highest BCUT2D eigenvalue weighted by atomic mass is 32.2. The van der Waals surface area contributed by atoms with Gasteiger partial charge in [-0.2, -0.15) is 0 Å². The summed E-state index contributed by atoms with van der Waals surface area (Å²) in [4.78, 5) is 0. The number of fused-ring (bicyclic) bond motifs is 1. The number of benzene rings is 1. The van der Waals surface area contributed by atoms with E-state index in [-0.39, 0.29) is 17.3 Å². The zero-order chi connectivity index (χ0) is 13.3. The summed E-state index contributed by atoms with van der Waals surface area (Å²) in [7, 11) is -3.24. The standard InChI is InChI=1S/C12H16FNO3S/c1-8(14)6-18(15,16)7-11-5-9-4-10(13)2-3-12(9)17-11/h2-4,8,11H,5-7,14H2,1H3. The molecule has 0 saturated heterocycles. The number of rotatable bonds is 4. The zero-order valence-electron chi connectivity index (χ0n) is 10.1. The Labute approximate surface area is 106 Å². The van der Waals surface area contributed by atoms with Gasteiger partial charge in [0, 0.05) is 18.0 Å². The normalized spacial score (nSPS) is 20.3. The van der Waals surface area contributed by atoms with E-state index in [9.17, 15) is 12.8 Å². The molecule has 1 aromatic rings. The van der Waals surface area contributed by atoms with Gasteiger partial charge in [0.1, 0.15) is 17.7 Å². The van der Waals surface area contributed by atoms with Gasteiger partial charge in [0.2, 0.25) is 0 Å². The minimum absolute atomic E-state index is 0.0580. The van der Waals surface area contributed by atoms with Gasteiger partial charge in [-0.15, -0.1) is 0 Å². The van der Waals surface area contributed by atoms with E-state index in [2.05, 4.69) is 0 Å². The number of nitrogens with two attached hydrogens (primary N) is 1. The maximum absolute atomic E-state index is 13.0. The SMILES string of the molecule is CC(N)CS(=O)(=O)CC1Cc2cc(F)ccc2O1. The molecule has 0 radical (unpaired) electrons. The third-order valence-electron chi connectivity index (χ3n) is 2.72. The molecule has 2 N–H and O–H groups in total. The van der Waals surface area contributed by atoms with Crippen molar-refractivity contribution in [2.45, 2.75) is 25.5 Å². The summed E-state index contributed by atoms with van der Waals surface area (Å²) in [5.41, 5.74) is 6.21. The fourth-order valence-electron chi connectivity index (χ4n) is 2.13. The number of hydrogen-bond acceptors (Lipinski definition) is 4. The highest BCUT2D eigenvalue weighted by molar-refractivity contribution is 7.91. The molecule has 1 aliphatic rings. The minimum Gasteiger partial charge on any atom is -0.489 e. The van der Waals surface area contributed by atoms with E-state index in [1.807, 2.05) is 0 Å². The Morgan fingerprint density at radius 2 is 2.28 bits per heavy atom. The van der Waals surface area contributed by atoms with Crippen molar-refractivity contribution in [1.29, 1.82) is 0 Å². The molecule has 1 aliphatic heterocycles. The van der Waals surface area contributed by atoms with E-state index in [1.54, 1.807) is 6.92 Å². The number of sulfone groups is 1. The average Bonchev–Trinajstić information content (AvgIpc) is 2.55. The topological polar surface area (TPSA) is 69.4 Å². The van der Waals surface area contributed by atoms with Gasteiger partial charge < -0.3 is 10.5 Å². The lowest BCUT2D eigenvalue weighted by Gasteiger charge is -2.12. The lowest BCUT2D eigenvalue weighted by Crippen LogP contribution is -2.33. The van der Waals surface area contributed by atoms with Crippen molar-refractivity contribution in [2.75, 3.05) is 11.5 Å². The Bertz CT molecular complexity index is 542. The summed E-state index contributed by atoms with van der Waals surface area (Å²) in [6, 6.07) is 3.82. The van der Waals surface area contributed by atoms with E-state index < -0.39 is 22.0 Å². The van der Waals surface area contributed by atoms with Crippen LogP contribution in [0.15, 0.2) is 18.2 Å². The van der Waals surface area contributed by atoms with Crippen molar-refractivity contribution in [1.82, 2.24) is 0 Å². The maximum atomic E-state index is 13.0. The molecule has 2 unspecified atom stereocenters. The van der Waals surface area contributed by atoms with E-state index in [0.717, 1.165) is 5.56 Å². The van der Waals surface area contributed by atoms with Crippen LogP contribution in [0.2, 0.25) is 0 Å². The predicted molar refractivity (Wildman–Crippen MR) is 66.8 cm³/mol. The monoisotopic (exact) mass is 273 g/mol. The van der Waals surface area contributed by atoms with Crippen molar-refractivity contribution < 1.29 is 17.5 Å². The van der Waals surface area contributed by atoms with Crippen LogP contribution in [-0.2, 0) is 16.3 Å². The molecule has 18 heavy (non-hydrogen) atoms. The van der Waals surface area contributed by atoms with Gasteiger partial charge in [0.15, 0.2) is 9.84 Å². The van der Waals surface area contributed by atoms with Gasteiger partial charge >= 0.3 is 0 Å². The van der Waals surface area contributed by atoms with Gasteiger partial charge in [0.25, 0.3) is 0 Å². The molecule has 0 saturated carbocycles. The fraction of sp³-hybridized carbons (Fsp3) is 0.500. The maximum Gasteiger partial charge on any atom is 0.155 e. The Hall–Kier alpha value is -1.14. The zero-order valence-corrected chi connectivity index (χ0v) is 10.9. The van der Waals surface area contributed by atoms with E-state index >= 15 is 0 Å². The molecule has 1 heterocycles. The molecule has 0 amide bonds. The highest BCUT2D eigenvalue weighted by Crippen LogP contribution is 2.29. The largest absolute Gasteiger partial charge is 0.489 e. The van der Waals surface area contributed by atoms with Crippen molar-refractivity contribution in [3.05, 3.63) is 29.6 Å². The first-order chi connectivity index (χ1) is 8.35. The molecule has 0 aliphatic carbocycles. The second-order valence-electron chi connectivity index (χ2n) is 4.75. The molecular formula is C12H16FNO3S. The molecular weight excluding hydrogens is 257 g/mol. The molecule has 1 aromatic carbocycles. The van der Waals surface area contributed by atoms with Gasteiger partial charge in [0.05, 0.1) is 11.5 Å². The number of ether oxygens (including phenoxy) is 1. The molecule has 6 heteroatoms. The molecule has 4 nitrogen and oxygen atoms in total. The van der Waals surface area contributed by atoms with Gasteiger partial charge in [-0.25, -0.2) is 12.8 Å². The fourth-order valence-corrected chi connectivity index (χ4v) is 3.82. The van der Waals surface area contributed by atoms with Crippen LogP contribution in [0.3, 0.4) is 0 Å². The van der Waals surface area contributed by atoms with E-state index in [4.69, 9.17) is 10.5 Å². The van der Waals surface area contributed by atoms with Gasteiger partial charge in [-0.3, -0.25) is 0 Å². The van der Waals surface area contributed by atoms with Crippen molar-refractivity contribution in [2.24, 2.45) is 5.73 Å². The second kappa shape index (κ2) is 4.85. The second-order valence-corrected chi connectivity index (χ2v) is 6.90. The van der Waals surface area contributed by atoms with Crippen LogP contribution in [0.25, 0.3) is 0 Å². The highest BCUT2D eigenvalue weighted by Gasteiger charge is 2.28. The molecule has 0 aromatic heterocycles. The first-order valence-electron chi connectivity index (χ1n) is 5.77. The van der Waals surface area contributed by atoms with E-state index in [0.29, 0.717) is 12.2 Å². The smallest absolute Gasteiger partial charge is 0.155 e. The summed E-state index contributed by atoms with van der Waals surface area (Å²) >= 11 is 0. The first kappa shape index (κ1) is 13.3. The summed E-state index contributed by atoms with van der Waals surface area (Å²) in [6.45, 7) is 1.65. The molecule has 0 spiro atoms. The van der Waals surface area contributed by atoms with Crippen LogP contribution in [-0.4, -0.2) is 32.1 Å². The third kappa shape index (κ3) is 3.20. The lowest BCUT2D eigenvalue weighted by molar-refractivity contribution is 0.256. The van der Waals surface area contributed by atoms with Gasteiger partial charge in [-0.05, 0) is 25.1 Å². The summed E-state index contributed by atoms with van der Waals surface area (Å²) in [5.74, 6) is 0.0939. The Morgan fingerprint density at radius 1 is 1.56 bits per heavy atom. The first-order valence-corrected chi connectivity index (χ1v) is 7.59. The van der Waals surface area contributed by atoms with Crippen molar-refractivity contribution >= 4 is 9.84 Å². The van der Waals surface area contributed by atoms with Crippen LogP contribution in [0.5, 0.6) is 5.75 Å². The summed E-state index contributed by atoms with van der Waals surface area (Å²) in [6.07, 6.45) is -0.0174. The lowest BCUT2D eigenvalue weighted by atomic mass is 10.1. The molecule has 2 atom stereocenters. The predicted octanol–water partition coefficient (Wildman–Crippen LogP) is 0.891. The number of halogens is 1. The van der Waals surface area contributed by atoms with Gasteiger partial charge in [-0.1, -0.05) is 0 Å². The number of hydrogen-bond donors (Lipinski definition) is 1. The Kier molecular flexibility index (Phi) is 3.59. The summed E-state index contributed by atoms with van der Waals surface area (Å²) < 4.78 is 42.1. The minimum atomic E-state index is -3.24. The Balaban J connectivity index is 2.04. The van der Waals surface area contributed by atoms with Crippen LogP contribution in [0, 0.1) is 5.82 Å². The molecule has 2 rings (SSSR count). The van der Waals surface area contributed by atoms with Crippen LogP contribution in [0.1, 0.15) is 12.5 Å². The Morgan fingerprint density at radius 3 is 2.94 bits per heavy atom. The molecule has 0 fully saturated rings. The quantitative estimate of drug-likeness (QED) is 0.884. The van der Waals surface area contributed by atoms with Crippen LogP contribution < -0.4 is 10.5 Å². The van der Waals surface area contributed by atoms with Crippen LogP contribution >= 0.6 is 0 Å². The van der Waals surface area contributed by atoms with Crippen molar-refractivity contribution in [3.63, 3.8) is 0 Å². The van der Waals surface area contributed by atoms with Crippen molar-refractivity contribution in [3.8, 4) is 5.75 Å². The third-order valence-corrected chi connectivity index (χ3v) is 4.63. The average molecular weight is 273 g/mol.